The van der Waals surface area contributed by atoms with Crippen molar-refractivity contribution in [1.82, 2.24) is 9.99 Å². The van der Waals surface area contributed by atoms with Crippen molar-refractivity contribution < 1.29 is 9.53 Å². The molecule has 5 heteroatoms. The van der Waals surface area contributed by atoms with Crippen LogP contribution >= 0.6 is 0 Å². The summed E-state index contributed by atoms with van der Waals surface area (Å²) in [7, 11) is 0. The number of rotatable bonds is 6. The van der Waals surface area contributed by atoms with Crippen molar-refractivity contribution in [2.75, 3.05) is 6.61 Å². The number of nitrogens with one attached hydrogen (secondary N) is 1. The molecule has 0 radical (unpaired) electrons. The highest BCUT2D eigenvalue weighted by atomic mass is 16.5. The Kier molecular flexibility index (Phi) is 5.85. The number of benzene rings is 3. The van der Waals surface area contributed by atoms with Crippen molar-refractivity contribution >= 4 is 22.9 Å². The Balaban J connectivity index is 1.55. The molecule has 156 valence electrons. The van der Waals surface area contributed by atoms with Gasteiger partial charge in [0, 0.05) is 27.9 Å². The van der Waals surface area contributed by atoms with Crippen LogP contribution in [0.5, 0.6) is 5.75 Å². The minimum Gasteiger partial charge on any atom is -0.494 e. The van der Waals surface area contributed by atoms with Crippen LogP contribution in [0, 0.1) is 13.8 Å². The van der Waals surface area contributed by atoms with Crippen LogP contribution < -0.4 is 10.2 Å². The molecule has 0 aliphatic heterocycles. The number of hydrogen-bond acceptors (Lipinski definition) is 3. The number of aryl methyl sites for hydroxylation is 1. The molecular weight excluding hydrogens is 386 g/mol. The van der Waals surface area contributed by atoms with Crippen LogP contribution in [0.3, 0.4) is 0 Å². The summed E-state index contributed by atoms with van der Waals surface area (Å²) in [6, 6.07) is 23.7. The Bertz CT molecular complexity index is 1250. The molecule has 0 fully saturated rings. The quantitative estimate of drug-likeness (QED) is 0.341. The summed E-state index contributed by atoms with van der Waals surface area (Å²) >= 11 is 0. The predicted molar refractivity (Wildman–Crippen MR) is 125 cm³/mol. The fourth-order valence-electron chi connectivity index (χ4n) is 3.79. The normalized spacial score (nSPS) is 11.2. The third-order valence-corrected chi connectivity index (χ3v) is 5.28. The van der Waals surface area contributed by atoms with E-state index in [1.807, 2.05) is 13.0 Å². The smallest absolute Gasteiger partial charge is 0.271 e. The van der Waals surface area contributed by atoms with E-state index < -0.39 is 0 Å². The monoisotopic (exact) mass is 411 g/mol. The number of ether oxygens (including phenoxy) is 1. The highest BCUT2D eigenvalue weighted by molar-refractivity contribution is 5.95. The van der Waals surface area contributed by atoms with Crippen LogP contribution in [-0.4, -0.2) is 23.3 Å². The van der Waals surface area contributed by atoms with Gasteiger partial charge in [-0.25, -0.2) is 5.43 Å². The summed E-state index contributed by atoms with van der Waals surface area (Å²) in [5.41, 5.74) is 7.39. The van der Waals surface area contributed by atoms with Gasteiger partial charge in [-0.2, -0.15) is 5.10 Å². The SMILES string of the molecule is CCOc1ccc(C(=O)N/N=C/c2cc(C)n(-c3cccc4ccccc34)c2C)cc1. The van der Waals surface area contributed by atoms with Crippen LogP contribution in [0.2, 0.25) is 0 Å². The maximum atomic E-state index is 12.4. The van der Waals surface area contributed by atoms with Gasteiger partial charge in [0.25, 0.3) is 5.91 Å². The number of carbonyl (C=O) groups excluding carboxylic acids is 1. The first-order valence-corrected chi connectivity index (χ1v) is 10.3. The molecule has 0 spiro atoms. The lowest BCUT2D eigenvalue weighted by Crippen LogP contribution is -2.17. The van der Waals surface area contributed by atoms with Gasteiger partial charge in [-0.05, 0) is 62.6 Å². The van der Waals surface area contributed by atoms with Crippen molar-refractivity contribution in [3.05, 3.63) is 95.3 Å². The Morgan fingerprint density at radius 2 is 1.77 bits per heavy atom. The second-order valence-electron chi connectivity index (χ2n) is 7.32. The fraction of sp³-hybridized carbons (Fsp3) is 0.154. The summed E-state index contributed by atoms with van der Waals surface area (Å²) in [6.07, 6.45) is 1.69. The van der Waals surface area contributed by atoms with Crippen molar-refractivity contribution in [2.24, 2.45) is 5.10 Å². The van der Waals surface area contributed by atoms with Gasteiger partial charge >= 0.3 is 0 Å². The van der Waals surface area contributed by atoms with Gasteiger partial charge < -0.3 is 9.30 Å². The van der Waals surface area contributed by atoms with Gasteiger partial charge in [0.2, 0.25) is 0 Å². The minimum atomic E-state index is -0.262. The fourth-order valence-corrected chi connectivity index (χ4v) is 3.79. The summed E-state index contributed by atoms with van der Waals surface area (Å²) in [5, 5.41) is 6.57. The van der Waals surface area contributed by atoms with Gasteiger partial charge in [0.1, 0.15) is 5.75 Å². The molecule has 1 aromatic heterocycles. The van der Waals surface area contributed by atoms with Crippen LogP contribution in [0.1, 0.15) is 34.2 Å². The maximum absolute atomic E-state index is 12.4. The van der Waals surface area contributed by atoms with E-state index >= 15 is 0 Å². The highest BCUT2D eigenvalue weighted by Crippen LogP contribution is 2.26. The second kappa shape index (κ2) is 8.88. The molecule has 5 nitrogen and oxygen atoms in total. The molecule has 0 atom stereocenters. The lowest BCUT2D eigenvalue weighted by Gasteiger charge is -2.13. The number of aromatic nitrogens is 1. The third-order valence-electron chi connectivity index (χ3n) is 5.28. The molecule has 0 aliphatic rings. The van der Waals surface area contributed by atoms with E-state index in [9.17, 15) is 4.79 Å². The van der Waals surface area contributed by atoms with Crippen LogP contribution in [-0.2, 0) is 0 Å². The number of amides is 1. The zero-order valence-corrected chi connectivity index (χ0v) is 17.9. The number of hydrogen-bond donors (Lipinski definition) is 1. The van der Waals surface area contributed by atoms with Crippen molar-refractivity contribution in [1.29, 1.82) is 0 Å². The molecule has 4 rings (SSSR count). The number of hydrazone groups is 1. The Labute approximate surface area is 182 Å². The molecule has 0 saturated carbocycles. The molecular formula is C26H25N3O2. The minimum absolute atomic E-state index is 0.262. The number of fused-ring (bicyclic) bond motifs is 1. The van der Waals surface area contributed by atoms with E-state index in [0.717, 1.165) is 28.4 Å². The first-order valence-electron chi connectivity index (χ1n) is 10.3. The molecule has 1 N–H and O–H groups in total. The standard InChI is InChI=1S/C26H25N3O2/c1-4-31-23-14-12-21(13-15-23)26(30)28-27-17-22-16-18(2)29(19(22)3)25-11-7-9-20-8-5-6-10-24(20)25/h5-17H,4H2,1-3H3,(H,28,30)/b27-17+. The van der Waals surface area contributed by atoms with Crippen LogP contribution in [0.15, 0.2) is 77.9 Å². The van der Waals surface area contributed by atoms with E-state index in [0.29, 0.717) is 12.2 Å². The average molecular weight is 412 g/mol. The Morgan fingerprint density at radius 3 is 2.55 bits per heavy atom. The topological polar surface area (TPSA) is 55.6 Å². The average Bonchev–Trinajstić information content (AvgIpc) is 3.07. The van der Waals surface area contributed by atoms with Gasteiger partial charge in [-0.1, -0.05) is 36.4 Å². The summed E-state index contributed by atoms with van der Waals surface area (Å²) in [6.45, 7) is 6.65. The first-order chi connectivity index (χ1) is 15.1. The van der Waals surface area contributed by atoms with Gasteiger partial charge in [0.15, 0.2) is 0 Å². The molecule has 4 aromatic rings. The second-order valence-corrected chi connectivity index (χ2v) is 7.32. The largest absolute Gasteiger partial charge is 0.494 e. The lowest BCUT2D eigenvalue weighted by atomic mass is 10.1. The molecule has 0 bridgehead atoms. The molecule has 31 heavy (non-hydrogen) atoms. The summed E-state index contributed by atoms with van der Waals surface area (Å²) < 4.78 is 7.63. The number of nitrogens with zero attached hydrogens (tertiary/aromatic N) is 2. The molecule has 0 saturated heterocycles. The van der Waals surface area contributed by atoms with Crippen molar-refractivity contribution in [2.45, 2.75) is 20.8 Å². The van der Waals surface area contributed by atoms with E-state index in [1.165, 1.54) is 10.8 Å². The Hall–Kier alpha value is -3.86. The van der Waals surface area contributed by atoms with Gasteiger partial charge in [-0.3, -0.25) is 4.79 Å². The van der Waals surface area contributed by atoms with Crippen LogP contribution in [0.4, 0.5) is 0 Å². The lowest BCUT2D eigenvalue weighted by molar-refractivity contribution is 0.0955. The highest BCUT2D eigenvalue weighted by Gasteiger charge is 2.12. The molecule has 3 aromatic carbocycles. The van der Waals surface area contributed by atoms with Gasteiger partial charge in [0.05, 0.1) is 18.5 Å². The molecule has 1 amide bonds. The van der Waals surface area contributed by atoms with E-state index in [1.54, 1.807) is 30.5 Å². The summed E-state index contributed by atoms with van der Waals surface area (Å²) in [4.78, 5) is 12.4. The van der Waals surface area contributed by atoms with Crippen molar-refractivity contribution in [3.63, 3.8) is 0 Å². The van der Waals surface area contributed by atoms with Crippen LogP contribution in [0.25, 0.3) is 16.5 Å². The molecule has 1 heterocycles. The van der Waals surface area contributed by atoms with Gasteiger partial charge in [-0.15, -0.1) is 0 Å². The first kappa shape index (κ1) is 20.4. The van der Waals surface area contributed by atoms with E-state index in [-0.39, 0.29) is 5.91 Å². The summed E-state index contributed by atoms with van der Waals surface area (Å²) in [5.74, 6) is 0.477. The maximum Gasteiger partial charge on any atom is 0.271 e. The van der Waals surface area contributed by atoms with Crippen molar-refractivity contribution in [3.8, 4) is 11.4 Å². The van der Waals surface area contributed by atoms with E-state index in [4.69, 9.17) is 4.74 Å². The Morgan fingerprint density at radius 1 is 1.03 bits per heavy atom. The van der Waals surface area contributed by atoms with E-state index in [2.05, 4.69) is 71.4 Å². The number of carbonyl (C=O) groups is 1. The third kappa shape index (κ3) is 4.21. The molecule has 0 unspecified atom stereocenters. The molecule has 0 aliphatic carbocycles. The zero-order chi connectivity index (χ0) is 21.8. The zero-order valence-electron chi connectivity index (χ0n) is 17.9. The predicted octanol–water partition coefficient (Wildman–Crippen LogP) is 5.41.